The van der Waals surface area contributed by atoms with E-state index in [1.54, 1.807) is 7.11 Å². The minimum atomic E-state index is -1.26. The van der Waals surface area contributed by atoms with E-state index in [0.29, 0.717) is 23.2 Å². The molecule has 1 unspecified atom stereocenters. The molecule has 0 spiro atoms. The van der Waals surface area contributed by atoms with E-state index in [-0.39, 0.29) is 0 Å². The molecule has 176 valence electrons. The molecule has 0 amide bonds. The fraction of sp³-hybridized carbons (Fsp3) is 0.333. The summed E-state index contributed by atoms with van der Waals surface area (Å²) in [6.07, 6.45) is 2.15. The lowest BCUT2D eigenvalue weighted by molar-refractivity contribution is -0.134. The molecule has 2 aromatic carbocycles. The average Bonchev–Trinajstić information content (AvgIpc) is 2.94. The Morgan fingerprint density at radius 3 is 2.30 bits per heavy atom. The molecular formula is C24H27ClN2O5S. The minimum Gasteiger partial charge on any atom is -0.495 e. The minimum absolute atomic E-state index is 0.364. The van der Waals surface area contributed by atoms with Gasteiger partial charge in [0.2, 0.25) is 0 Å². The Hall–Kier alpha value is -2.52. The quantitative estimate of drug-likeness (QED) is 0.620. The van der Waals surface area contributed by atoms with Crippen LogP contribution in [0.4, 0.5) is 0 Å². The summed E-state index contributed by atoms with van der Waals surface area (Å²) in [4.78, 5) is 26.7. The number of piperazine rings is 1. The number of carbonyl (C=O) groups is 2. The number of carboxylic acid groups (broad SMARTS) is 2. The molecule has 1 saturated heterocycles. The first-order valence-electron chi connectivity index (χ1n) is 10.5. The lowest BCUT2D eigenvalue weighted by atomic mass is 9.96. The molecule has 4 rings (SSSR count). The lowest BCUT2D eigenvalue weighted by Crippen LogP contribution is -2.46. The van der Waals surface area contributed by atoms with Gasteiger partial charge in [-0.15, -0.1) is 0 Å². The summed E-state index contributed by atoms with van der Waals surface area (Å²) < 4.78 is 5.47. The molecule has 2 heterocycles. The number of hydrogen-bond donors (Lipinski definition) is 2. The van der Waals surface area contributed by atoms with Gasteiger partial charge in [-0.05, 0) is 42.8 Å². The third-order valence-electron chi connectivity index (χ3n) is 5.60. The first-order chi connectivity index (χ1) is 15.8. The van der Waals surface area contributed by atoms with Crippen LogP contribution in [0.1, 0.15) is 17.2 Å². The van der Waals surface area contributed by atoms with Gasteiger partial charge in [0, 0.05) is 54.2 Å². The Kier molecular flexibility index (Phi) is 8.80. The van der Waals surface area contributed by atoms with Crippen LogP contribution in [-0.2, 0) is 16.0 Å². The maximum atomic E-state index is 9.55. The molecule has 7 nitrogen and oxygen atoms in total. The van der Waals surface area contributed by atoms with Crippen LogP contribution in [0, 0.1) is 0 Å². The number of ether oxygens (including phenoxy) is 1. The third kappa shape index (κ3) is 6.74. The van der Waals surface area contributed by atoms with E-state index in [1.165, 1.54) is 20.9 Å². The number of benzene rings is 2. The van der Waals surface area contributed by atoms with E-state index in [1.807, 2.05) is 11.8 Å². The normalized spacial score (nSPS) is 18.5. The van der Waals surface area contributed by atoms with E-state index >= 15 is 0 Å². The predicted molar refractivity (Wildman–Crippen MR) is 128 cm³/mol. The van der Waals surface area contributed by atoms with Crippen LogP contribution >= 0.6 is 23.4 Å². The maximum Gasteiger partial charge on any atom is 0.328 e. The highest BCUT2D eigenvalue weighted by atomic mass is 35.5. The Bertz CT molecular complexity index is 1020. The first kappa shape index (κ1) is 25.1. The molecule has 33 heavy (non-hydrogen) atoms. The van der Waals surface area contributed by atoms with Crippen molar-refractivity contribution in [1.29, 1.82) is 0 Å². The van der Waals surface area contributed by atoms with Crippen molar-refractivity contribution in [3.8, 4) is 5.75 Å². The summed E-state index contributed by atoms with van der Waals surface area (Å²) in [5.41, 5.74) is 2.75. The standard InChI is InChI=1S/C20H23ClN2OS.C4H4O4/c1-22-7-9-23(10-8-22)17-11-14-5-3-4-6-19(14)25-20-13-18(24-2)16(21)12-15(17)20;5-3(6)1-2-4(7)8/h3-6,12-13,17H,7-11H2,1-2H3;1-2H,(H,5,6)(H,7,8)/b;2-1-. The Balaban J connectivity index is 0.000000331. The van der Waals surface area contributed by atoms with Crippen LogP contribution in [0.3, 0.4) is 0 Å². The van der Waals surface area contributed by atoms with Crippen molar-refractivity contribution in [3.05, 3.63) is 64.7 Å². The summed E-state index contributed by atoms with van der Waals surface area (Å²) in [6, 6.07) is 13.3. The van der Waals surface area contributed by atoms with Gasteiger partial charge in [-0.25, -0.2) is 9.59 Å². The molecule has 2 N–H and O–H groups in total. The van der Waals surface area contributed by atoms with Gasteiger partial charge in [-0.1, -0.05) is 41.6 Å². The van der Waals surface area contributed by atoms with Crippen LogP contribution in [0.15, 0.2) is 58.3 Å². The summed E-state index contributed by atoms with van der Waals surface area (Å²) in [6.45, 7) is 4.42. The van der Waals surface area contributed by atoms with Gasteiger partial charge >= 0.3 is 11.9 Å². The third-order valence-corrected chi connectivity index (χ3v) is 7.08. The van der Waals surface area contributed by atoms with Crippen molar-refractivity contribution in [2.24, 2.45) is 0 Å². The van der Waals surface area contributed by atoms with Crippen LogP contribution in [0.25, 0.3) is 0 Å². The molecule has 0 saturated carbocycles. The zero-order valence-corrected chi connectivity index (χ0v) is 20.1. The van der Waals surface area contributed by atoms with E-state index in [4.69, 9.17) is 26.6 Å². The summed E-state index contributed by atoms with van der Waals surface area (Å²) in [7, 11) is 3.88. The molecule has 0 radical (unpaired) electrons. The molecule has 0 aromatic heterocycles. The highest BCUT2D eigenvalue weighted by Gasteiger charge is 2.30. The van der Waals surface area contributed by atoms with E-state index < -0.39 is 11.9 Å². The average molecular weight is 491 g/mol. The lowest BCUT2D eigenvalue weighted by Gasteiger charge is -2.38. The zero-order valence-electron chi connectivity index (χ0n) is 18.5. The molecule has 1 atom stereocenters. The Morgan fingerprint density at radius 2 is 1.70 bits per heavy atom. The molecule has 2 aliphatic heterocycles. The molecule has 2 aliphatic rings. The second-order valence-electron chi connectivity index (χ2n) is 7.80. The van der Waals surface area contributed by atoms with Crippen LogP contribution in [0.2, 0.25) is 5.02 Å². The number of nitrogens with zero attached hydrogens (tertiary/aromatic N) is 2. The number of likely N-dealkylation sites (N-methyl/N-ethyl adjacent to an activating group) is 1. The van der Waals surface area contributed by atoms with E-state index in [9.17, 15) is 9.59 Å². The summed E-state index contributed by atoms with van der Waals surface area (Å²) in [5.74, 6) is -1.76. The number of carboxylic acids is 2. The van der Waals surface area contributed by atoms with E-state index in [0.717, 1.165) is 38.3 Å². The highest BCUT2D eigenvalue weighted by Crippen LogP contribution is 2.46. The van der Waals surface area contributed by atoms with Gasteiger partial charge in [0.25, 0.3) is 0 Å². The van der Waals surface area contributed by atoms with Crippen molar-refractivity contribution >= 4 is 35.3 Å². The number of hydrogen-bond acceptors (Lipinski definition) is 6. The molecule has 1 fully saturated rings. The monoisotopic (exact) mass is 490 g/mol. The highest BCUT2D eigenvalue weighted by molar-refractivity contribution is 7.99. The van der Waals surface area contributed by atoms with Crippen molar-refractivity contribution in [1.82, 2.24) is 9.80 Å². The largest absolute Gasteiger partial charge is 0.495 e. The molecule has 9 heteroatoms. The molecule has 0 bridgehead atoms. The van der Waals surface area contributed by atoms with Gasteiger partial charge in [0.1, 0.15) is 5.75 Å². The van der Waals surface area contributed by atoms with Crippen LogP contribution in [-0.4, -0.2) is 72.3 Å². The molecule has 2 aromatic rings. The number of fused-ring (bicyclic) bond motifs is 2. The second-order valence-corrected chi connectivity index (χ2v) is 9.29. The second kappa shape index (κ2) is 11.6. The van der Waals surface area contributed by atoms with Gasteiger partial charge in [-0.2, -0.15) is 0 Å². The summed E-state index contributed by atoms with van der Waals surface area (Å²) >= 11 is 8.33. The number of methoxy groups -OCH3 is 1. The van der Waals surface area contributed by atoms with Crippen molar-refractivity contribution < 1.29 is 24.5 Å². The topological polar surface area (TPSA) is 90.3 Å². The number of halogens is 1. The SMILES string of the molecule is COc1cc2c(cc1Cl)C(N1CCN(C)CC1)Cc1ccccc1S2.O=C(O)/C=C\C(=O)O. The van der Waals surface area contributed by atoms with Crippen molar-refractivity contribution in [2.45, 2.75) is 22.3 Å². The van der Waals surface area contributed by atoms with Crippen LogP contribution in [0.5, 0.6) is 5.75 Å². The maximum absolute atomic E-state index is 9.55. The van der Waals surface area contributed by atoms with Crippen LogP contribution < -0.4 is 4.74 Å². The van der Waals surface area contributed by atoms with Crippen molar-refractivity contribution in [3.63, 3.8) is 0 Å². The predicted octanol–water partition coefficient (Wildman–Crippen LogP) is 4.06. The Labute approximate surface area is 202 Å². The molecule has 0 aliphatic carbocycles. The van der Waals surface area contributed by atoms with Crippen molar-refractivity contribution in [2.75, 3.05) is 40.3 Å². The summed E-state index contributed by atoms with van der Waals surface area (Å²) in [5, 5.41) is 16.3. The van der Waals surface area contributed by atoms with Gasteiger partial charge in [0.05, 0.1) is 12.1 Å². The van der Waals surface area contributed by atoms with Gasteiger partial charge in [-0.3, -0.25) is 4.90 Å². The molecular weight excluding hydrogens is 464 g/mol. The zero-order chi connectivity index (χ0) is 24.0. The fourth-order valence-electron chi connectivity index (χ4n) is 3.87. The smallest absolute Gasteiger partial charge is 0.328 e. The first-order valence-corrected chi connectivity index (χ1v) is 11.7. The Morgan fingerprint density at radius 1 is 1.06 bits per heavy atom. The van der Waals surface area contributed by atoms with E-state index in [2.05, 4.69) is 53.2 Å². The number of aliphatic carboxylic acids is 2. The van der Waals surface area contributed by atoms with Gasteiger partial charge < -0.3 is 19.8 Å². The number of rotatable bonds is 4. The van der Waals surface area contributed by atoms with Gasteiger partial charge in [0.15, 0.2) is 0 Å². The fourth-order valence-corrected chi connectivity index (χ4v) is 5.26.